The lowest BCUT2D eigenvalue weighted by molar-refractivity contribution is 0.140. The van der Waals surface area contributed by atoms with Crippen molar-refractivity contribution in [2.75, 3.05) is 14.1 Å². The van der Waals surface area contributed by atoms with Crippen LogP contribution in [0.25, 0.3) is 33.9 Å². The zero-order chi connectivity index (χ0) is 26.3. The summed E-state index contributed by atoms with van der Waals surface area (Å²) in [6, 6.07) is 16.7. The van der Waals surface area contributed by atoms with E-state index >= 15 is 0 Å². The van der Waals surface area contributed by atoms with Gasteiger partial charge in [-0.05, 0) is 74.7 Å². The monoisotopic (exact) mass is 489 g/mol. The standard InChI is InChI=1S/C32H35N5/c1-7-22-11-10-12-23(8-2)30(22)37-28-19-24(13-15-26(28)35-31(37)27(9-3)36(5)6)25-14-16-29(34-20-25)32(33)18-17-21(32)4/h1,8,10-16,19-21,27H,2,9,17-18,33H2,3-6H3. The average Bonchev–Trinajstić information content (AvgIpc) is 3.29. The van der Waals surface area contributed by atoms with Gasteiger partial charge < -0.3 is 5.73 Å². The molecule has 2 N–H and O–H groups in total. The van der Waals surface area contributed by atoms with E-state index in [0.29, 0.717) is 5.92 Å². The van der Waals surface area contributed by atoms with Crippen LogP contribution in [0.5, 0.6) is 0 Å². The van der Waals surface area contributed by atoms with Crippen molar-refractivity contribution in [2.24, 2.45) is 11.7 Å². The van der Waals surface area contributed by atoms with E-state index in [9.17, 15) is 0 Å². The number of terminal acetylenes is 1. The van der Waals surface area contributed by atoms with Crippen LogP contribution in [0.1, 0.15) is 61.8 Å². The molecule has 0 aliphatic heterocycles. The number of nitrogens with two attached hydrogens (primary N) is 1. The predicted octanol–water partition coefficient (Wildman–Crippen LogP) is 6.31. The molecule has 3 atom stereocenters. The van der Waals surface area contributed by atoms with Crippen LogP contribution in [0.3, 0.4) is 0 Å². The van der Waals surface area contributed by atoms with E-state index in [1.54, 1.807) is 0 Å². The molecule has 4 aromatic rings. The van der Waals surface area contributed by atoms with Gasteiger partial charge in [0.05, 0.1) is 34.0 Å². The first-order valence-corrected chi connectivity index (χ1v) is 13.0. The summed E-state index contributed by atoms with van der Waals surface area (Å²) in [5.41, 5.74) is 14.1. The fourth-order valence-corrected chi connectivity index (χ4v) is 5.57. The van der Waals surface area contributed by atoms with Crippen molar-refractivity contribution in [1.29, 1.82) is 0 Å². The summed E-state index contributed by atoms with van der Waals surface area (Å²) in [6.07, 6.45) is 12.8. The van der Waals surface area contributed by atoms with Gasteiger partial charge in [-0.2, -0.15) is 0 Å². The van der Waals surface area contributed by atoms with Gasteiger partial charge >= 0.3 is 0 Å². The highest BCUT2D eigenvalue weighted by Gasteiger charge is 2.42. The fraction of sp³-hybridized carbons (Fsp3) is 0.312. The zero-order valence-electron chi connectivity index (χ0n) is 22.2. The van der Waals surface area contributed by atoms with Crippen molar-refractivity contribution in [3.05, 3.63) is 84.0 Å². The molecular formula is C32H35N5. The van der Waals surface area contributed by atoms with Gasteiger partial charge in [-0.3, -0.25) is 14.5 Å². The van der Waals surface area contributed by atoms with Gasteiger partial charge in [0, 0.05) is 17.3 Å². The SMILES string of the molecule is C#Cc1cccc(C=C)c1-n1c(C(CC)N(C)C)nc2ccc(-c3ccc(C4(N)CCC4C)nc3)cc21. The number of hydrogen-bond acceptors (Lipinski definition) is 4. The Morgan fingerprint density at radius 3 is 2.59 bits per heavy atom. The summed E-state index contributed by atoms with van der Waals surface area (Å²) in [5, 5.41) is 0. The van der Waals surface area contributed by atoms with E-state index in [1.807, 2.05) is 30.5 Å². The van der Waals surface area contributed by atoms with Crippen molar-refractivity contribution in [3.8, 4) is 29.2 Å². The lowest BCUT2D eigenvalue weighted by Gasteiger charge is -2.44. The predicted molar refractivity (Wildman–Crippen MR) is 153 cm³/mol. The van der Waals surface area contributed by atoms with E-state index in [-0.39, 0.29) is 11.6 Å². The molecule has 0 spiro atoms. The smallest absolute Gasteiger partial charge is 0.131 e. The van der Waals surface area contributed by atoms with Crippen LogP contribution in [0.4, 0.5) is 0 Å². The second-order valence-corrected chi connectivity index (χ2v) is 10.4. The Labute approximate surface area is 220 Å². The molecule has 2 aromatic heterocycles. The zero-order valence-corrected chi connectivity index (χ0v) is 22.2. The second kappa shape index (κ2) is 9.63. The molecule has 1 aliphatic carbocycles. The summed E-state index contributed by atoms with van der Waals surface area (Å²) in [5.74, 6) is 4.30. The van der Waals surface area contributed by atoms with Crippen molar-refractivity contribution in [3.63, 3.8) is 0 Å². The Bertz CT molecular complexity index is 1500. The van der Waals surface area contributed by atoms with Crippen LogP contribution in [0.15, 0.2) is 61.3 Å². The van der Waals surface area contributed by atoms with Crippen molar-refractivity contribution < 1.29 is 0 Å². The Balaban J connectivity index is 1.71. The van der Waals surface area contributed by atoms with Crippen molar-refractivity contribution in [1.82, 2.24) is 19.4 Å². The normalized spacial score (nSPS) is 20.0. The maximum atomic E-state index is 6.64. The molecular weight excluding hydrogens is 454 g/mol. The first-order valence-electron chi connectivity index (χ1n) is 13.0. The lowest BCUT2D eigenvalue weighted by atomic mass is 9.66. The summed E-state index contributed by atoms with van der Waals surface area (Å²) in [4.78, 5) is 12.1. The first kappa shape index (κ1) is 25.0. The molecule has 37 heavy (non-hydrogen) atoms. The van der Waals surface area contributed by atoms with Gasteiger partial charge in [-0.25, -0.2) is 4.98 Å². The molecule has 0 amide bonds. The van der Waals surface area contributed by atoms with Crippen molar-refractivity contribution >= 4 is 17.1 Å². The number of fused-ring (bicyclic) bond motifs is 1. The molecule has 0 bridgehead atoms. The average molecular weight is 490 g/mol. The van der Waals surface area contributed by atoms with Gasteiger partial charge in [0.1, 0.15) is 5.82 Å². The minimum absolute atomic E-state index is 0.116. The number of pyridine rings is 1. The largest absolute Gasteiger partial charge is 0.320 e. The minimum Gasteiger partial charge on any atom is -0.320 e. The second-order valence-electron chi connectivity index (χ2n) is 10.4. The van der Waals surface area contributed by atoms with Gasteiger partial charge in [-0.1, -0.05) is 56.7 Å². The maximum absolute atomic E-state index is 6.64. The third-order valence-electron chi connectivity index (χ3n) is 8.10. The van der Waals surface area contributed by atoms with E-state index in [0.717, 1.165) is 69.8 Å². The van der Waals surface area contributed by atoms with Crippen LogP contribution >= 0.6 is 0 Å². The Morgan fingerprint density at radius 1 is 1.24 bits per heavy atom. The van der Waals surface area contributed by atoms with Crippen LogP contribution in [0, 0.1) is 18.3 Å². The number of hydrogen-bond donors (Lipinski definition) is 1. The van der Waals surface area contributed by atoms with Crippen LogP contribution in [-0.2, 0) is 5.54 Å². The summed E-state index contributed by atoms with van der Waals surface area (Å²) >= 11 is 0. The topological polar surface area (TPSA) is 60.0 Å². The summed E-state index contributed by atoms with van der Waals surface area (Å²) < 4.78 is 2.23. The fourth-order valence-electron chi connectivity index (χ4n) is 5.57. The van der Waals surface area contributed by atoms with E-state index in [4.69, 9.17) is 22.1 Å². The Hall–Kier alpha value is -3.72. The maximum Gasteiger partial charge on any atom is 0.131 e. The number of nitrogens with zero attached hydrogens (tertiary/aromatic N) is 4. The quantitative estimate of drug-likeness (QED) is 0.309. The summed E-state index contributed by atoms with van der Waals surface area (Å²) in [6.45, 7) is 8.45. The molecule has 0 radical (unpaired) electrons. The number of para-hydroxylation sites is 1. The third-order valence-corrected chi connectivity index (χ3v) is 8.10. The number of aromatic nitrogens is 3. The number of rotatable bonds is 7. The minimum atomic E-state index is -0.308. The third kappa shape index (κ3) is 4.07. The number of imidazole rings is 1. The molecule has 5 heteroatoms. The molecule has 1 aliphatic rings. The highest BCUT2D eigenvalue weighted by molar-refractivity contribution is 5.86. The van der Waals surface area contributed by atoms with E-state index in [2.05, 4.69) is 80.2 Å². The molecule has 1 saturated carbocycles. The highest BCUT2D eigenvalue weighted by atomic mass is 15.2. The Kier molecular flexibility index (Phi) is 6.49. The highest BCUT2D eigenvalue weighted by Crippen LogP contribution is 2.43. The molecule has 2 heterocycles. The van der Waals surface area contributed by atoms with Gasteiger partial charge in [0.2, 0.25) is 0 Å². The van der Waals surface area contributed by atoms with Crippen LogP contribution < -0.4 is 5.73 Å². The molecule has 2 aromatic carbocycles. The molecule has 1 fully saturated rings. The molecule has 5 nitrogen and oxygen atoms in total. The lowest BCUT2D eigenvalue weighted by Crippen LogP contribution is -2.51. The van der Waals surface area contributed by atoms with Gasteiger partial charge in [0.15, 0.2) is 0 Å². The molecule has 3 unspecified atom stereocenters. The summed E-state index contributed by atoms with van der Waals surface area (Å²) in [7, 11) is 4.18. The van der Waals surface area contributed by atoms with Crippen LogP contribution in [0.2, 0.25) is 0 Å². The molecule has 188 valence electrons. The molecule has 5 rings (SSSR count). The number of benzene rings is 2. The van der Waals surface area contributed by atoms with Gasteiger partial charge in [0.25, 0.3) is 0 Å². The van der Waals surface area contributed by atoms with Crippen molar-refractivity contribution in [2.45, 2.75) is 44.7 Å². The van der Waals surface area contributed by atoms with E-state index < -0.39 is 0 Å². The van der Waals surface area contributed by atoms with Gasteiger partial charge in [-0.15, -0.1) is 6.42 Å². The Morgan fingerprint density at radius 2 is 2.03 bits per heavy atom. The molecule has 0 saturated heterocycles. The van der Waals surface area contributed by atoms with E-state index in [1.165, 1.54) is 0 Å². The van der Waals surface area contributed by atoms with Crippen LogP contribution in [-0.4, -0.2) is 33.5 Å². The first-order chi connectivity index (χ1) is 17.8.